The zero-order valence-electron chi connectivity index (χ0n) is 5.87. The van der Waals surface area contributed by atoms with Gasteiger partial charge in [0.25, 0.3) is 0 Å². The minimum absolute atomic E-state index is 0.433. The minimum atomic E-state index is -0.433. The van der Waals surface area contributed by atoms with Crippen molar-refractivity contribution in [2.45, 2.75) is 6.92 Å². The molecule has 0 atom stereocenters. The maximum Gasteiger partial charge on any atom is 0.351 e. The molecule has 11 heavy (non-hydrogen) atoms. The van der Waals surface area contributed by atoms with Gasteiger partial charge in [-0.25, -0.2) is 4.79 Å². The van der Waals surface area contributed by atoms with Crippen LogP contribution in [0.3, 0.4) is 0 Å². The number of nitrogens with zero attached hydrogens (tertiary/aromatic N) is 1. The van der Waals surface area contributed by atoms with Crippen molar-refractivity contribution < 1.29 is 8.62 Å². The van der Waals surface area contributed by atoms with E-state index in [9.17, 15) is 4.79 Å². The first-order valence-electron chi connectivity index (χ1n) is 2.99. The normalized spacial score (nSPS) is 9.27. The van der Waals surface area contributed by atoms with Crippen LogP contribution in [0.15, 0.2) is 18.3 Å². The van der Waals surface area contributed by atoms with Crippen LogP contribution in [0.2, 0.25) is 0 Å². The Bertz CT molecular complexity index is 258. The van der Waals surface area contributed by atoms with E-state index in [4.69, 9.17) is 0 Å². The number of pyridine rings is 1. The molecule has 0 aliphatic carbocycles. The molecule has 4 heteroatoms. The number of aryl methyl sites for hydroxylation is 1. The predicted octanol–water partition coefficient (Wildman–Crippen LogP) is 1.86. The third kappa shape index (κ3) is 2.01. The molecule has 0 aromatic carbocycles. The topological polar surface area (TPSA) is 39.2 Å². The van der Waals surface area contributed by atoms with Crippen LogP contribution in [0.4, 0.5) is 0 Å². The molecular formula is C7H6BrNO2. The van der Waals surface area contributed by atoms with Gasteiger partial charge < -0.3 is 3.83 Å². The summed E-state index contributed by atoms with van der Waals surface area (Å²) in [6.45, 7) is 1.85. The van der Waals surface area contributed by atoms with Crippen LogP contribution in [0.25, 0.3) is 0 Å². The van der Waals surface area contributed by atoms with Gasteiger partial charge in [0.15, 0.2) is 16.3 Å². The van der Waals surface area contributed by atoms with Crippen molar-refractivity contribution in [1.29, 1.82) is 0 Å². The summed E-state index contributed by atoms with van der Waals surface area (Å²) < 4.78 is 4.31. The molecule has 0 aliphatic heterocycles. The van der Waals surface area contributed by atoms with Crippen LogP contribution >= 0.6 is 16.3 Å². The molecule has 1 rings (SSSR count). The van der Waals surface area contributed by atoms with Crippen molar-refractivity contribution >= 4 is 22.2 Å². The zero-order valence-corrected chi connectivity index (χ0v) is 7.46. The van der Waals surface area contributed by atoms with E-state index in [0.29, 0.717) is 5.56 Å². The van der Waals surface area contributed by atoms with Crippen molar-refractivity contribution in [2.24, 2.45) is 0 Å². The molecule has 0 fully saturated rings. The highest BCUT2D eigenvalue weighted by Gasteiger charge is 2.04. The molecule has 1 aromatic heterocycles. The zero-order chi connectivity index (χ0) is 8.27. The van der Waals surface area contributed by atoms with E-state index in [-0.39, 0.29) is 0 Å². The summed E-state index contributed by atoms with van der Waals surface area (Å²) in [6, 6.07) is 3.41. The Labute approximate surface area is 72.8 Å². The first-order chi connectivity index (χ1) is 5.24. The summed E-state index contributed by atoms with van der Waals surface area (Å²) in [4.78, 5) is 14.7. The van der Waals surface area contributed by atoms with Crippen LogP contribution < -0.4 is 0 Å². The molecular weight excluding hydrogens is 210 g/mol. The second-order valence-electron chi connectivity index (χ2n) is 2.05. The lowest BCUT2D eigenvalue weighted by Crippen LogP contribution is -1.98. The fraction of sp³-hybridized carbons (Fsp3) is 0.143. The van der Waals surface area contributed by atoms with E-state index in [2.05, 4.69) is 25.1 Å². The van der Waals surface area contributed by atoms with Crippen molar-refractivity contribution in [1.82, 2.24) is 4.98 Å². The number of carbonyl (C=O) groups excluding carboxylic acids is 1. The van der Waals surface area contributed by atoms with E-state index in [1.807, 2.05) is 6.92 Å². The van der Waals surface area contributed by atoms with Gasteiger partial charge in [-0.05, 0) is 19.1 Å². The van der Waals surface area contributed by atoms with Crippen LogP contribution in [0, 0.1) is 6.92 Å². The maximum atomic E-state index is 10.8. The number of rotatable bonds is 1. The summed E-state index contributed by atoms with van der Waals surface area (Å²) in [5.74, 6) is -0.433. The molecule has 0 amide bonds. The summed E-state index contributed by atoms with van der Waals surface area (Å²) >= 11 is 2.59. The third-order valence-electron chi connectivity index (χ3n) is 1.22. The molecule has 0 spiro atoms. The highest BCUT2D eigenvalue weighted by atomic mass is 79.9. The first kappa shape index (κ1) is 8.20. The highest BCUT2D eigenvalue weighted by molar-refractivity contribution is 9.06. The van der Waals surface area contributed by atoms with Crippen molar-refractivity contribution in [3.05, 3.63) is 29.6 Å². The van der Waals surface area contributed by atoms with Crippen molar-refractivity contribution in [3.8, 4) is 0 Å². The average Bonchev–Trinajstić information content (AvgIpc) is 2.05. The van der Waals surface area contributed by atoms with Crippen LogP contribution in [-0.2, 0) is 3.83 Å². The molecule has 0 unspecified atom stereocenters. The Morgan fingerprint density at radius 1 is 1.64 bits per heavy atom. The predicted molar refractivity (Wildman–Crippen MR) is 43.3 cm³/mol. The van der Waals surface area contributed by atoms with Gasteiger partial charge in [-0.15, -0.1) is 0 Å². The van der Waals surface area contributed by atoms with Gasteiger partial charge in [-0.3, -0.25) is 4.98 Å². The summed E-state index contributed by atoms with van der Waals surface area (Å²) in [6.07, 6.45) is 1.47. The van der Waals surface area contributed by atoms with Gasteiger partial charge >= 0.3 is 5.97 Å². The lowest BCUT2D eigenvalue weighted by molar-refractivity contribution is 0.0781. The Kier molecular flexibility index (Phi) is 2.59. The molecule has 1 aromatic rings. The van der Waals surface area contributed by atoms with Gasteiger partial charge in [0.1, 0.15) is 0 Å². The van der Waals surface area contributed by atoms with Gasteiger partial charge in [0, 0.05) is 11.9 Å². The molecule has 0 aliphatic rings. The Balaban J connectivity index is 2.90. The molecule has 0 saturated carbocycles. The number of hydrogen-bond acceptors (Lipinski definition) is 3. The lowest BCUT2D eigenvalue weighted by atomic mass is 10.3. The monoisotopic (exact) mass is 215 g/mol. The number of aromatic nitrogens is 1. The molecule has 0 bridgehead atoms. The summed E-state index contributed by atoms with van der Waals surface area (Å²) in [5.41, 5.74) is 1.31. The third-order valence-corrected chi connectivity index (χ3v) is 1.51. The highest BCUT2D eigenvalue weighted by Crippen LogP contribution is 2.03. The average molecular weight is 216 g/mol. The smallest absolute Gasteiger partial charge is 0.351 e. The second-order valence-corrected chi connectivity index (χ2v) is 2.38. The molecule has 3 nitrogen and oxygen atoms in total. The van der Waals surface area contributed by atoms with Gasteiger partial charge in [-0.2, -0.15) is 0 Å². The summed E-state index contributed by atoms with van der Waals surface area (Å²) in [5, 5.41) is 0. The molecule has 0 saturated heterocycles. The Hall–Kier alpha value is -0.900. The fourth-order valence-corrected chi connectivity index (χ4v) is 0.820. The summed E-state index contributed by atoms with van der Waals surface area (Å²) in [7, 11) is 0. The van der Waals surface area contributed by atoms with E-state index < -0.39 is 5.97 Å². The van der Waals surface area contributed by atoms with E-state index in [1.165, 1.54) is 6.20 Å². The quantitative estimate of drug-likeness (QED) is 0.719. The largest absolute Gasteiger partial charge is 0.380 e. The first-order valence-corrected chi connectivity index (χ1v) is 3.64. The van der Waals surface area contributed by atoms with Gasteiger partial charge in [0.05, 0.1) is 5.56 Å². The van der Waals surface area contributed by atoms with Crippen LogP contribution in [0.1, 0.15) is 16.1 Å². The number of hydrogen-bond donors (Lipinski definition) is 0. The SMILES string of the molecule is Cc1ccc(C(=O)OBr)cn1. The number of carbonyl (C=O) groups is 1. The molecule has 1 heterocycles. The van der Waals surface area contributed by atoms with Crippen LogP contribution in [-0.4, -0.2) is 11.0 Å². The molecule has 0 radical (unpaired) electrons. The minimum Gasteiger partial charge on any atom is -0.380 e. The van der Waals surface area contributed by atoms with E-state index in [1.54, 1.807) is 12.1 Å². The maximum absolute atomic E-state index is 10.8. The Morgan fingerprint density at radius 3 is 2.82 bits per heavy atom. The lowest BCUT2D eigenvalue weighted by Gasteiger charge is -1.95. The molecule has 0 N–H and O–H groups in total. The van der Waals surface area contributed by atoms with Gasteiger partial charge in [0.2, 0.25) is 0 Å². The number of halogens is 1. The van der Waals surface area contributed by atoms with E-state index >= 15 is 0 Å². The van der Waals surface area contributed by atoms with Crippen molar-refractivity contribution in [2.75, 3.05) is 0 Å². The molecule has 58 valence electrons. The standard InChI is InChI=1S/C7H6BrNO2/c1-5-2-3-6(4-9-5)7(10)11-8/h2-4H,1H3. The second kappa shape index (κ2) is 3.48. The van der Waals surface area contributed by atoms with Crippen LogP contribution in [0.5, 0.6) is 0 Å². The Morgan fingerprint density at radius 2 is 2.36 bits per heavy atom. The fourth-order valence-electron chi connectivity index (χ4n) is 0.633. The van der Waals surface area contributed by atoms with E-state index in [0.717, 1.165) is 5.69 Å². The van der Waals surface area contributed by atoms with Crippen molar-refractivity contribution in [3.63, 3.8) is 0 Å². The van der Waals surface area contributed by atoms with Gasteiger partial charge in [-0.1, -0.05) is 0 Å².